The summed E-state index contributed by atoms with van der Waals surface area (Å²) in [6, 6.07) is 2.27. The quantitative estimate of drug-likeness (QED) is 0.442. The molecular formula is C4H6N2. The highest BCUT2D eigenvalue weighted by molar-refractivity contribution is 5.04. The van der Waals surface area contributed by atoms with Crippen molar-refractivity contribution in [1.82, 2.24) is 0 Å². The van der Waals surface area contributed by atoms with Gasteiger partial charge in [-0.25, -0.2) is 0 Å². The Kier molecular flexibility index (Phi) is 0.578. The molecule has 0 spiro atoms. The van der Waals surface area contributed by atoms with Gasteiger partial charge >= 0.3 is 0 Å². The van der Waals surface area contributed by atoms with Gasteiger partial charge in [-0.15, -0.1) is 0 Å². The molecule has 0 bridgehead atoms. The van der Waals surface area contributed by atoms with Gasteiger partial charge in [-0.1, -0.05) is 0 Å². The van der Waals surface area contributed by atoms with Crippen molar-refractivity contribution in [3.05, 3.63) is 0 Å². The van der Waals surface area contributed by atoms with Crippen LogP contribution < -0.4 is 5.73 Å². The fraction of sp³-hybridized carbons (Fsp3) is 0.750. The van der Waals surface area contributed by atoms with Crippen LogP contribution in [-0.4, -0.2) is 6.04 Å². The molecule has 32 valence electrons. The second kappa shape index (κ2) is 0.954. The summed E-state index contributed by atoms with van der Waals surface area (Å²) < 4.78 is 0. The predicted molar refractivity (Wildman–Crippen MR) is 21.7 cm³/mol. The molecule has 0 aromatic carbocycles. The van der Waals surface area contributed by atoms with E-state index in [4.69, 9.17) is 11.0 Å². The van der Waals surface area contributed by atoms with Crippen LogP contribution in [0.3, 0.4) is 0 Å². The van der Waals surface area contributed by atoms with Gasteiger partial charge in [0.15, 0.2) is 0 Å². The van der Waals surface area contributed by atoms with Crippen LogP contribution in [0.25, 0.3) is 0 Å². The van der Waals surface area contributed by atoms with Gasteiger partial charge < -0.3 is 5.73 Å². The van der Waals surface area contributed by atoms with E-state index < -0.39 is 0 Å². The zero-order valence-corrected chi connectivity index (χ0v) is 3.39. The van der Waals surface area contributed by atoms with Crippen LogP contribution in [0.2, 0.25) is 0 Å². The van der Waals surface area contributed by atoms with Crippen LogP contribution in [0.15, 0.2) is 0 Å². The maximum Gasteiger partial charge on any atom is 0.0672 e. The Labute approximate surface area is 36.6 Å². The predicted octanol–water partition coefficient (Wildman–Crippen LogP) is -0.143. The molecule has 0 heterocycles. The van der Waals surface area contributed by atoms with Gasteiger partial charge in [0.05, 0.1) is 12.0 Å². The molecular weight excluding hydrogens is 76.1 g/mol. The standard InChI is InChI=1S/C4H6N2/c5-2-3-1-4(3)6/h3-4H,1,6H2/t3-,4?/m0/s1. The van der Waals surface area contributed by atoms with E-state index in [1.165, 1.54) is 0 Å². The summed E-state index contributed by atoms with van der Waals surface area (Å²) in [5.74, 6) is 0.185. The molecule has 0 aromatic heterocycles. The maximum atomic E-state index is 8.05. The average Bonchev–Trinajstić information content (AvgIpc) is 2.19. The molecule has 1 aliphatic rings. The first-order valence-corrected chi connectivity index (χ1v) is 2.00. The lowest BCUT2D eigenvalue weighted by Crippen LogP contribution is -1.99. The van der Waals surface area contributed by atoms with E-state index in [0.717, 1.165) is 6.42 Å². The van der Waals surface area contributed by atoms with Gasteiger partial charge in [0.2, 0.25) is 0 Å². The van der Waals surface area contributed by atoms with Gasteiger partial charge in [0, 0.05) is 6.04 Å². The second-order valence-corrected chi connectivity index (χ2v) is 1.64. The Morgan fingerprint density at radius 1 is 1.83 bits per heavy atom. The number of rotatable bonds is 0. The van der Waals surface area contributed by atoms with E-state index >= 15 is 0 Å². The first-order valence-electron chi connectivity index (χ1n) is 2.00. The molecule has 0 radical (unpaired) electrons. The summed E-state index contributed by atoms with van der Waals surface area (Å²) in [5, 5.41) is 8.05. The summed E-state index contributed by atoms with van der Waals surface area (Å²) in [6.07, 6.45) is 0.913. The largest absolute Gasteiger partial charge is 0.326 e. The van der Waals surface area contributed by atoms with Crippen molar-refractivity contribution >= 4 is 0 Å². The van der Waals surface area contributed by atoms with Crippen LogP contribution >= 0.6 is 0 Å². The fourth-order valence-electron chi connectivity index (χ4n) is 0.363. The molecule has 1 saturated carbocycles. The Morgan fingerprint density at radius 2 is 2.33 bits per heavy atom. The van der Waals surface area contributed by atoms with Crippen molar-refractivity contribution in [3.8, 4) is 6.07 Å². The van der Waals surface area contributed by atoms with E-state index in [0.29, 0.717) is 0 Å². The minimum Gasteiger partial charge on any atom is -0.326 e. The number of hydrogen-bond acceptors (Lipinski definition) is 2. The monoisotopic (exact) mass is 82.1 g/mol. The third-order valence-corrected chi connectivity index (χ3v) is 1.01. The van der Waals surface area contributed by atoms with Crippen molar-refractivity contribution in [1.29, 1.82) is 5.26 Å². The first-order chi connectivity index (χ1) is 2.84. The van der Waals surface area contributed by atoms with Gasteiger partial charge in [-0.3, -0.25) is 0 Å². The molecule has 2 heteroatoms. The van der Waals surface area contributed by atoms with E-state index in [9.17, 15) is 0 Å². The van der Waals surface area contributed by atoms with Crippen molar-refractivity contribution in [2.45, 2.75) is 12.5 Å². The number of hydrogen-bond donors (Lipinski definition) is 1. The van der Waals surface area contributed by atoms with Crippen molar-refractivity contribution in [2.75, 3.05) is 0 Å². The molecule has 1 unspecified atom stereocenters. The SMILES string of the molecule is N#C[C@@H]1CC1N. The van der Waals surface area contributed by atoms with Crippen LogP contribution in [0.4, 0.5) is 0 Å². The summed E-state index contributed by atoms with van der Waals surface area (Å²) in [7, 11) is 0. The summed E-state index contributed by atoms with van der Waals surface area (Å²) >= 11 is 0. The van der Waals surface area contributed by atoms with Gasteiger partial charge in [-0.2, -0.15) is 5.26 Å². The third kappa shape index (κ3) is 0.373. The molecule has 6 heavy (non-hydrogen) atoms. The first kappa shape index (κ1) is 3.63. The topological polar surface area (TPSA) is 49.8 Å². The zero-order valence-electron chi connectivity index (χ0n) is 3.39. The van der Waals surface area contributed by atoms with Crippen molar-refractivity contribution in [2.24, 2.45) is 11.7 Å². The Hall–Kier alpha value is -0.550. The van der Waals surface area contributed by atoms with Gasteiger partial charge in [-0.05, 0) is 6.42 Å². The molecule has 1 aliphatic carbocycles. The van der Waals surface area contributed by atoms with Crippen LogP contribution in [0.5, 0.6) is 0 Å². The molecule has 2 atom stereocenters. The summed E-state index contributed by atoms with van der Waals surface area (Å²) in [5.41, 5.74) is 5.25. The van der Waals surface area contributed by atoms with E-state index in [1.807, 2.05) is 0 Å². The van der Waals surface area contributed by atoms with Crippen LogP contribution in [0.1, 0.15) is 6.42 Å². The minimum absolute atomic E-state index is 0.185. The van der Waals surface area contributed by atoms with Crippen molar-refractivity contribution < 1.29 is 0 Å². The number of nitrogens with two attached hydrogens (primary N) is 1. The smallest absolute Gasteiger partial charge is 0.0672 e. The highest BCUT2D eigenvalue weighted by atomic mass is 14.7. The normalized spacial score (nSPS) is 41.3. The van der Waals surface area contributed by atoms with Gasteiger partial charge in [0.1, 0.15) is 0 Å². The minimum atomic E-state index is 0.185. The van der Waals surface area contributed by atoms with Gasteiger partial charge in [0.25, 0.3) is 0 Å². The second-order valence-electron chi connectivity index (χ2n) is 1.64. The van der Waals surface area contributed by atoms with E-state index in [1.54, 1.807) is 0 Å². The fourth-order valence-corrected chi connectivity index (χ4v) is 0.363. The zero-order chi connectivity index (χ0) is 4.57. The highest BCUT2D eigenvalue weighted by Gasteiger charge is 2.32. The Balaban J connectivity index is 2.31. The molecule has 2 N–H and O–H groups in total. The van der Waals surface area contributed by atoms with E-state index in [-0.39, 0.29) is 12.0 Å². The molecule has 1 fully saturated rings. The lowest BCUT2D eigenvalue weighted by Gasteiger charge is -1.67. The average molecular weight is 82.1 g/mol. The Bertz CT molecular complexity index is 92.2. The molecule has 0 aromatic rings. The van der Waals surface area contributed by atoms with E-state index in [2.05, 4.69) is 6.07 Å². The summed E-state index contributed by atoms with van der Waals surface area (Å²) in [4.78, 5) is 0. The van der Waals surface area contributed by atoms with Crippen LogP contribution in [-0.2, 0) is 0 Å². The third-order valence-electron chi connectivity index (χ3n) is 1.01. The van der Waals surface area contributed by atoms with Crippen molar-refractivity contribution in [3.63, 3.8) is 0 Å². The number of nitrogens with zero attached hydrogens (tertiary/aromatic N) is 1. The molecule has 0 saturated heterocycles. The Morgan fingerprint density at radius 3 is 2.33 bits per heavy atom. The molecule has 2 nitrogen and oxygen atoms in total. The molecule has 1 rings (SSSR count). The lowest BCUT2D eigenvalue weighted by molar-refractivity contribution is 0.985. The maximum absolute atomic E-state index is 8.05. The summed E-state index contributed by atoms with van der Waals surface area (Å²) in [6.45, 7) is 0. The lowest BCUT2D eigenvalue weighted by atomic mass is 10.5. The van der Waals surface area contributed by atoms with Crippen LogP contribution in [0, 0.1) is 17.2 Å². The molecule has 0 aliphatic heterocycles. The molecule has 0 amide bonds. The highest BCUT2D eigenvalue weighted by Crippen LogP contribution is 2.25. The number of nitriles is 1.